The second-order valence-electron chi connectivity index (χ2n) is 4.87. The minimum absolute atomic E-state index is 0.195. The minimum atomic E-state index is -0.682. The van der Waals surface area contributed by atoms with Crippen LogP contribution in [0.2, 0.25) is 0 Å². The first-order chi connectivity index (χ1) is 9.08. The van der Waals surface area contributed by atoms with Crippen molar-refractivity contribution in [2.24, 2.45) is 5.92 Å². The van der Waals surface area contributed by atoms with Gasteiger partial charge in [0.05, 0.1) is 13.0 Å². The van der Waals surface area contributed by atoms with Crippen LogP contribution >= 0.6 is 0 Å². The molecule has 2 N–H and O–H groups in total. The third kappa shape index (κ3) is 3.56. The first kappa shape index (κ1) is 13.6. The molecule has 19 heavy (non-hydrogen) atoms. The molecule has 0 radical (unpaired) electrons. The Morgan fingerprint density at radius 1 is 1.37 bits per heavy atom. The summed E-state index contributed by atoms with van der Waals surface area (Å²) in [5.74, 6) is 1.05. The summed E-state index contributed by atoms with van der Waals surface area (Å²) in [4.78, 5) is 19.3. The van der Waals surface area contributed by atoms with E-state index in [0.29, 0.717) is 24.5 Å². The number of anilines is 1. The molecule has 0 amide bonds. The van der Waals surface area contributed by atoms with E-state index in [2.05, 4.69) is 15.3 Å². The van der Waals surface area contributed by atoms with Gasteiger partial charge in [-0.25, -0.2) is 4.98 Å². The summed E-state index contributed by atoms with van der Waals surface area (Å²) >= 11 is 0. The maximum atomic E-state index is 10.9. The maximum Gasteiger partial charge on any atom is 0.306 e. The molecule has 1 aromatic rings. The van der Waals surface area contributed by atoms with Crippen molar-refractivity contribution in [2.75, 3.05) is 12.4 Å². The van der Waals surface area contributed by atoms with Gasteiger partial charge in [0.2, 0.25) is 5.88 Å². The lowest BCUT2D eigenvalue weighted by molar-refractivity contribution is -0.142. The van der Waals surface area contributed by atoms with Crippen molar-refractivity contribution in [3.63, 3.8) is 0 Å². The highest BCUT2D eigenvalue weighted by Crippen LogP contribution is 2.26. The molecule has 0 spiro atoms. The predicted molar refractivity (Wildman–Crippen MR) is 70.3 cm³/mol. The number of nitrogens with one attached hydrogen (secondary N) is 1. The van der Waals surface area contributed by atoms with Gasteiger partial charge in [-0.05, 0) is 32.6 Å². The zero-order valence-corrected chi connectivity index (χ0v) is 11.2. The van der Waals surface area contributed by atoms with Crippen LogP contribution in [0.15, 0.2) is 6.07 Å². The highest BCUT2D eigenvalue weighted by atomic mass is 16.5. The van der Waals surface area contributed by atoms with Crippen molar-refractivity contribution in [3.8, 4) is 5.88 Å². The summed E-state index contributed by atoms with van der Waals surface area (Å²) in [5.41, 5.74) is 0. The monoisotopic (exact) mass is 265 g/mol. The van der Waals surface area contributed by atoms with Crippen LogP contribution in [0.1, 0.15) is 31.5 Å². The van der Waals surface area contributed by atoms with E-state index in [4.69, 9.17) is 9.84 Å². The Kier molecular flexibility index (Phi) is 4.19. The normalized spacial score (nSPS) is 22.8. The average molecular weight is 265 g/mol. The lowest BCUT2D eigenvalue weighted by atomic mass is 9.86. The summed E-state index contributed by atoms with van der Waals surface area (Å²) in [5, 5.41) is 12.3. The van der Waals surface area contributed by atoms with Gasteiger partial charge >= 0.3 is 5.97 Å². The number of nitrogens with zero attached hydrogens (tertiary/aromatic N) is 2. The molecule has 0 unspecified atom stereocenters. The molecule has 0 atom stereocenters. The van der Waals surface area contributed by atoms with Crippen molar-refractivity contribution in [3.05, 3.63) is 11.9 Å². The van der Waals surface area contributed by atoms with E-state index < -0.39 is 5.97 Å². The maximum absolute atomic E-state index is 10.9. The molecule has 1 heterocycles. The SMILES string of the molecule is COc1cc(NC2CCC(C(=O)O)CC2)nc(C)n1. The summed E-state index contributed by atoms with van der Waals surface area (Å²) in [6.45, 7) is 1.81. The Morgan fingerprint density at radius 3 is 2.63 bits per heavy atom. The number of carboxylic acid groups (broad SMARTS) is 1. The number of rotatable bonds is 4. The Bertz CT molecular complexity index is 456. The first-order valence-electron chi connectivity index (χ1n) is 6.47. The predicted octanol–water partition coefficient (Wildman–Crippen LogP) is 1.85. The van der Waals surface area contributed by atoms with E-state index >= 15 is 0 Å². The van der Waals surface area contributed by atoms with Crippen molar-refractivity contribution >= 4 is 11.8 Å². The van der Waals surface area contributed by atoms with Crippen molar-refractivity contribution < 1.29 is 14.6 Å². The van der Waals surface area contributed by atoms with Crippen LogP contribution in [-0.4, -0.2) is 34.2 Å². The second-order valence-corrected chi connectivity index (χ2v) is 4.87. The van der Waals surface area contributed by atoms with E-state index in [9.17, 15) is 4.79 Å². The number of ether oxygens (including phenoxy) is 1. The molecule has 0 aromatic carbocycles. The number of hydrogen-bond acceptors (Lipinski definition) is 5. The van der Waals surface area contributed by atoms with Gasteiger partial charge in [0.15, 0.2) is 0 Å². The van der Waals surface area contributed by atoms with Gasteiger partial charge in [-0.1, -0.05) is 0 Å². The van der Waals surface area contributed by atoms with E-state index in [1.807, 2.05) is 6.92 Å². The lowest BCUT2D eigenvalue weighted by Gasteiger charge is -2.27. The largest absolute Gasteiger partial charge is 0.481 e. The number of aromatic nitrogens is 2. The third-order valence-corrected chi connectivity index (χ3v) is 3.45. The van der Waals surface area contributed by atoms with E-state index in [1.165, 1.54) is 0 Å². The molecular formula is C13H19N3O3. The van der Waals surface area contributed by atoms with Gasteiger partial charge in [0.25, 0.3) is 0 Å². The van der Waals surface area contributed by atoms with Gasteiger partial charge in [-0.15, -0.1) is 0 Å². The van der Waals surface area contributed by atoms with Gasteiger partial charge in [-0.3, -0.25) is 4.79 Å². The fourth-order valence-corrected chi connectivity index (χ4v) is 2.41. The number of hydrogen-bond donors (Lipinski definition) is 2. The van der Waals surface area contributed by atoms with Crippen LogP contribution in [0, 0.1) is 12.8 Å². The Morgan fingerprint density at radius 2 is 2.05 bits per heavy atom. The zero-order valence-electron chi connectivity index (χ0n) is 11.2. The van der Waals surface area contributed by atoms with Crippen LogP contribution in [0.4, 0.5) is 5.82 Å². The average Bonchev–Trinajstić information content (AvgIpc) is 2.38. The second kappa shape index (κ2) is 5.86. The molecule has 1 aliphatic carbocycles. The number of aliphatic carboxylic acids is 1. The van der Waals surface area contributed by atoms with Gasteiger partial charge in [-0.2, -0.15) is 4.98 Å². The molecule has 0 bridgehead atoms. The molecule has 1 saturated carbocycles. The van der Waals surface area contributed by atoms with E-state index in [1.54, 1.807) is 13.2 Å². The van der Waals surface area contributed by atoms with E-state index in [0.717, 1.165) is 18.7 Å². The van der Waals surface area contributed by atoms with Gasteiger partial charge < -0.3 is 15.2 Å². The van der Waals surface area contributed by atoms with Gasteiger partial charge in [0, 0.05) is 12.1 Å². The minimum Gasteiger partial charge on any atom is -0.481 e. The summed E-state index contributed by atoms with van der Waals surface area (Å²) in [6.07, 6.45) is 3.13. The molecule has 2 rings (SSSR count). The van der Waals surface area contributed by atoms with Gasteiger partial charge in [0.1, 0.15) is 11.6 Å². The molecule has 1 fully saturated rings. The Balaban J connectivity index is 1.95. The molecule has 6 heteroatoms. The summed E-state index contributed by atoms with van der Waals surface area (Å²) in [6, 6.07) is 2.03. The lowest BCUT2D eigenvalue weighted by Crippen LogP contribution is -2.29. The first-order valence-corrected chi connectivity index (χ1v) is 6.47. The standard InChI is InChI=1S/C13H19N3O3/c1-8-14-11(7-12(15-8)19-2)16-10-5-3-9(4-6-10)13(17)18/h7,9-10H,3-6H2,1-2H3,(H,17,18)(H,14,15,16). The quantitative estimate of drug-likeness (QED) is 0.864. The number of carboxylic acids is 1. The fraction of sp³-hybridized carbons (Fsp3) is 0.615. The third-order valence-electron chi connectivity index (χ3n) is 3.45. The summed E-state index contributed by atoms with van der Waals surface area (Å²) < 4.78 is 5.10. The zero-order chi connectivity index (χ0) is 13.8. The molecule has 1 aromatic heterocycles. The molecule has 1 aliphatic rings. The van der Waals surface area contributed by atoms with Crippen LogP contribution in [0.5, 0.6) is 5.88 Å². The molecule has 0 saturated heterocycles. The number of carbonyl (C=O) groups is 1. The molecule has 104 valence electrons. The van der Waals surface area contributed by atoms with Crippen LogP contribution in [-0.2, 0) is 4.79 Å². The molecular weight excluding hydrogens is 246 g/mol. The van der Waals surface area contributed by atoms with Crippen molar-refractivity contribution in [1.29, 1.82) is 0 Å². The molecule has 6 nitrogen and oxygen atoms in total. The van der Waals surface area contributed by atoms with E-state index in [-0.39, 0.29) is 12.0 Å². The van der Waals surface area contributed by atoms with Crippen LogP contribution in [0.3, 0.4) is 0 Å². The number of methoxy groups -OCH3 is 1. The smallest absolute Gasteiger partial charge is 0.306 e. The van der Waals surface area contributed by atoms with Crippen LogP contribution in [0.25, 0.3) is 0 Å². The number of aryl methyl sites for hydroxylation is 1. The molecule has 0 aliphatic heterocycles. The Labute approximate surface area is 112 Å². The van der Waals surface area contributed by atoms with Crippen LogP contribution < -0.4 is 10.1 Å². The topological polar surface area (TPSA) is 84.3 Å². The van der Waals surface area contributed by atoms with Crippen molar-refractivity contribution in [2.45, 2.75) is 38.6 Å². The Hall–Kier alpha value is -1.85. The van der Waals surface area contributed by atoms with Crippen molar-refractivity contribution in [1.82, 2.24) is 9.97 Å². The highest BCUT2D eigenvalue weighted by Gasteiger charge is 2.26. The summed E-state index contributed by atoms with van der Waals surface area (Å²) in [7, 11) is 1.57. The highest BCUT2D eigenvalue weighted by molar-refractivity contribution is 5.70. The fourth-order valence-electron chi connectivity index (χ4n) is 2.41.